The maximum absolute atomic E-state index is 5.74. The van der Waals surface area contributed by atoms with Crippen molar-refractivity contribution in [1.82, 2.24) is 4.90 Å². The molecule has 3 rings (SSSR count). The molecule has 3 aliphatic rings. The van der Waals surface area contributed by atoms with E-state index < -0.39 is 0 Å². The topological polar surface area (TPSA) is 21.7 Å². The van der Waals surface area contributed by atoms with E-state index in [1.165, 1.54) is 19.4 Å². The molecule has 0 aromatic carbocycles. The van der Waals surface area contributed by atoms with Crippen molar-refractivity contribution in [3.8, 4) is 0 Å². The number of rotatable bonds is 0. The van der Waals surface area contributed by atoms with Crippen LogP contribution < -0.4 is 0 Å². The van der Waals surface area contributed by atoms with E-state index >= 15 is 0 Å². The van der Waals surface area contributed by atoms with Crippen molar-refractivity contribution < 1.29 is 9.47 Å². The summed E-state index contributed by atoms with van der Waals surface area (Å²) >= 11 is 0. The molecule has 0 amide bonds. The predicted octanol–water partition coefficient (Wildman–Crippen LogP) is 0.208. The highest BCUT2D eigenvalue weighted by Gasteiger charge is 2.54. The molecule has 3 saturated heterocycles. The van der Waals surface area contributed by atoms with E-state index in [1.807, 2.05) is 0 Å². The van der Waals surface area contributed by atoms with Gasteiger partial charge in [0.1, 0.15) is 0 Å². The molecule has 3 aliphatic heterocycles. The number of hydrogen-bond donors (Lipinski definition) is 0. The first kappa shape index (κ1) is 6.40. The molecule has 0 aromatic rings. The normalized spacial score (nSPS) is 40.9. The van der Waals surface area contributed by atoms with Gasteiger partial charge in [0.05, 0.1) is 19.8 Å². The minimum Gasteiger partial charge on any atom is -0.372 e. The van der Waals surface area contributed by atoms with Gasteiger partial charge in [-0.25, -0.2) is 0 Å². The molecule has 0 aliphatic carbocycles. The second-order valence-electron chi connectivity index (χ2n) is 3.74. The summed E-state index contributed by atoms with van der Waals surface area (Å²) in [6.45, 7) is 3.74. The number of ether oxygens (including phenoxy) is 2. The van der Waals surface area contributed by atoms with Crippen LogP contribution in [0.5, 0.6) is 0 Å². The Balaban J connectivity index is 1.86. The van der Waals surface area contributed by atoms with Crippen molar-refractivity contribution in [3.05, 3.63) is 0 Å². The second-order valence-corrected chi connectivity index (χ2v) is 3.74. The Kier molecular flexibility index (Phi) is 1.15. The molecule has 3 heterocycles. The zero-order valence-corrected chi connectivity index (χ0v) is 6.58. The van der Waals surface area contributed by atoms with Crippen LogP contribution in [0.15, 0.2) is 0 Å². The van der Waals surface area contributed by atoms with E-state index in [-0.39, 0.29) is 5.72 Å². The molecular weight excluding hydrogens is 142 g/mol. The lowest BCUT2D eigenvalue weighted by Gasteiger charge is -2.43. The molecule has 0 saturated carbocycles. The average Bonchev–Trinajstić information content (AvgIpc) is 2.38. The van der Waals surface area contributed by atoms with Gasteiger partial charge in [0.15, 0.2) is 5.72 Å². The Morgan fingerprint density at radius 2 is 2.27 bits per heavy atom. The average molecular weight is 155 g/mol. The molecule has 3 nitrogen and oxygen atoms in total. The Labute approximate surface area is 66.3 Å². The molecule has 0 radical (unpaired) electrons. The summed E-state index contributed by atoms with van der Waals surface area (Å²) in [5.41, 5.74) is 0.0289. The lowest BCUT2D eigenvalue weighted by atomic mass is 10.1. The van der Waals surface area contributed by atoms with Crippen molar-refractivity contribution in [2.24, 2.45) is 0 Å². The molecule has 0 aromatic heterocycles. The van der Waals surface area contributed by atoms with Crippen LogP contribution in [0.2, 0.25) is 0 Å². The molecule has 62 valence electrons. The van der Waals surface area contributed by atoms with Crippen LogP contribution in [-0.4, -0.2) is 43.0 Å². The van der Waals surface area contributed by atoms with E-state index in [4.69, 9.17) is 9.47 Å². The number of fused-ring (bicyclic) bond motifs is 2. The summed E-state index contributed by atoms with van der Waals surface area (Å²) in [5, 5.41) is 0. The van der Waals surface area contributed by atoms with Gasteiger partial charge in [-0.1, -0.05) is 0 Å². The lowest BCUT2D eigenvalue weighted by Crippen LogP contribution is -2.60. The quantitative estimate of drug-likeness (QED) is 0.499. The van der Waals surface area contributed by atoms with Crippen LogP contribution >= 0.6 is 0 Å². The smallest absolute Gasteiger partial charge is 0.169 e. The van der Waals surface area contributed by atoms with Gasteiger partial charge in [-0.2, -0.15) is 0 Å². The largest absolute Gasteiger partial charge is 0.372 e. The van der Waals surface area contributed by atoms with Gasteiger partial charge in [0, 0.05) is 12.6 Å². The highest BCUT2D eigenvalue weighted by Crippen LogP contribution is 2.38. The molecule has 3 fully saturated rings. The van der Waals surface area contributed by atoms with Gasteiger partial charge in [-0.3, -0.25) is 4.90 Å². The number of nitrogens with zero attached hydrogens (tertiary/aromatic N) is 1. The summed E-state index contributed by atoms with van der Waals surface area (Å²) < 4.78 is 10.9. The van der Waals surface area contributed by atoms with Crippen LogP contribution in [0.3, 0.4) is 0 Å². The summed E-state index contributed by atoms with van der Waals surface area (Å²) in [7, 11) is 0. The fraction of sp³-hybridized carbons (Fsp3) is 1.00. The Hall–Kier alpha value is -0.120. The van der Waals surface area contributed by atoms with Gasteiger partial charge in [0.25, 0.3) is 0 Å². The lowest BCUT2D eigenvalue weighted by molar-refractivity contribution is -0.241. The van der Waals surface area contributed by atoms with Gasteiger partial charge >= 0.3 is 0 Å². The molecule has 1 spiro atoms. The summed E-state index contributed by atoms with van der Waals surface area (Å²) in [6.07, 6.45) is 2.66. The molecular formula is C8H13NO2. The van der Waals surface area contributed by atoms with Gasteiger partial charge in [0.2, 0.25) is 0 Å². The van der Waals surface area contributed by atoms with E-state index in [1.54, 1.807) is 0 Å². The second kappa shape index (κ2) is 1.97. The third-order valence-corrected chi connectivity index (χ3v) is 3.10. The van der Waals surface area contributed by atoms with Crippen LogP contribution in [0, 0.1) is 0 Å². The molecule has 3 heteroatoms. The molecule has 0 N–H and O–H groups in total. The zero-order chi connectivity index (χ0) is 7.31. The minimum atomic E-state index is 0.0289. The minimum absolute atomic E-state index is 0.0289. The molecule has 0 bridgehead atoms. The van der Waals surface area contributed by atoms with Gasteiger partial charge < -0.3 is 9.47 Å². The Morgan fingerprint density at radius 1 is 1.36 bits per heavy atom. The van der Waals surface area contributed by atoms with E-state index in [0.717, 1.165) is 19.8 Å². The van der Waals surface area contributed by atoms with Crippen LogP contribution in [0.25, 0.3) is 0 Å². The number of hydrogen-bond acceptors (Lipinski definition) is 3. The van der Waals surface area contributed by atoms with E-state index in [2.05, 4.69) is 4.90 Å². The summed E-state index contributed by atoms with van der Waals surface area (Å²) in [6, 6.07) is 0.707. The SMILES string of the molecule is C1CC2COC3(COC3)N2C1. The third-order valence-electron chi connectivity index (χ3n) is 3.10. The Morgan fingerprint density at radius 3 is 3.00 bits per heavy atom. The maximum atomic E-state index is 5.74. The first-order valence-corrected chi connectivity index (χ1v) is 4.39. The highest BCUT2D eigenvalue weighted by molar-refractivity contribution is 4.99. The van der Waals surface area contributed by atoms with Crippen LogP contribution in [0.4, 0.5) is 0 Å². The van der Waals surface area contributed by atoms with Gasteiger partial charge in [-0.15, -0.1) is 0 Å². The first-order chi connectivity index (χ1) is 5.41. The molecule has 1 atom stereocenters. The van der Waals surface area contributed by atoms with E-state index in [9.17, 15) is 0 Å². The fourth-order valence-corrected chi connectivity index (χ4v) is 2.41. The zero-order valence-electron chi connectivity index (χ0n) is 6.58. The fourth-order valence-electron chi connectivity index (χ4n) is 2.41. The van der Waals surface area contributed by atoms with Crippen LogP contribution in [-0.2, 0) is 9.47 Å². The summed E-state index contributed by atoms with van der Waals surface area (Å²) in [5.74, 6) is 0. The van der Waals surface area contributed by atoms with Crippen molar-refractivity contribution in [3.63, 3.8) is 0 Å². The van der Waals surface area contributed by atoms with Crippen molar-refractivity contribution in [2.45, 2.75) is 24.6 Å². The van der Waals surface area contributed by atoms with Gasteiger partial charge in [-0.05, 0) is 12.8 Å². The monoisotopic (exact) mass is 155 g/mol. The first-order valence-electron chi connectivity index (χ1n) is 4.39. The summed E-state index contributed by atoms with van der Waals surface area (Å²) in [4.78, 5) is 2.50. The van der Waals surface area contributed by atoms with Crippen molar-refractivity contribution in [2.75, 3.05) is 26.4 Å². The Bertz CT molecular complexity index is 179. The third kappa shape index (κ3) is 0.687. The molecule has 1 unspecified atom stereocenters. The van der Waals surface area contributed by atoms with E-state index in [0.29, 0.717) is 6.04 Å². The standard InChI is InChI=1S/C8H13NO2/c1-2-7-4-11-8(5-10-6-8)9(7)3-1/h7H,1-6H2. The predicted molar refractivity (Wildman–Crippen MR) is 39.2 cm³/mol. The maximum Gasteiger partial charge on any atom is 0.169 e. The van der Waals surface area contributed by atoms with Crippen molar-refractivity contribution >= 4 is 0 Å². The molecule has 11 heavy (non-hydrogen) atoms. The van der Waals surface area contributed by atoms with Crippen molar-refractivity contribution in [1.29, 1.82) is 0 Å². The highest BCUT2D eigenvalue weighted by atomic mass is 16.6. The van der Waals surface area contributed by atoms with Crippen LogP contribution in [0.1, 0.15) is 12.8 Å².